The molecule has 2 amide bonds. The van der Waals surface area contributed by atoms with Crippen molar-refractivity contribution in [3.63, 3.8) is 0 Å². The number of rotatable bonds is 5. The van der Waals surface area contributed by atoms with E-state index in [0.717, 1.165) is 22.9 Å². The smallest absolute Gasteiger partial charge is 0.382 e. The minimum Gasteiger partial charge on any atom is -0.382 e. The van der Waals surface area contributed by atoms with Gasteiger partial charge >= 0.3 is 6.18 Å². The maximum Gasteiger partial charge on any atom is 0.417 e. The number of aromatic nitrogens is 3. The summed E-state index contributed by atoms with van der Waals surface area (Å²) in [4.78, 5) is 51.5. The summed E-state index contributed by atoms with van der Waals surface area (Å²) in [5, 5.41) is 5.88. The molecule has 1 spiro atoms. The van der Waals surface area contributed by atoms with Crippen LogP contribution in [-0.4, -0.2) is 62.4 Å². The lowest BCUT2D eigenvalue weighted by Gasteiger charge is -2.39. The molecule has 0 atom stereocenters. The van der Waals surface area contributed by atoms with Crippen molar-refractivity contribution in [2.45, 2.75) is 41.9 Å². The van der Waals surface area contributed by atoms with Gasteiger partial charge in [0.1, 0.15) is 5.82 Å². The highest BCUT2D eigenvalue weighted by atomic mass is 127. The topological polar surface area (TPSA) is 174 Å². The molecule has 2 aliphatic heterocycles. The number of alkyl halides is 4. The number of hydrogen-bond donors (Lipinski definition) is 4. The highest BCUT2D eigenvalue weighted by molar-refractivity contribution is 14.1. The number of anilines is 2. The van der Waals surface area contributed by atoms with E-state index in [-0.39, 0.29) is 42.2 Å². The fraction of sp³-hybridized carbons (Fsp3) is 0.455. The molecule has 0 aromatic carbocycles. The summed E-state index contributed by atoms with van der Waals surface area (Å²) < 4.78 is 40.2. The molecule has 2 aromatic rings. The number of guanidine groups is 1. The molecular formula is C22H25F3IN9O3. The Morgan fingerprint density at radius 3 is 2.53 bits per heavy atom. The number of carbonyl (C=O) groups excluding carboxylic acids is 2. The maximum absolute atomic E-state index is 12.9. The molecule has 1 saturated heterocycles. The lowest BCUT2D eigenvalue weighted by atomic mass is 9.88. The molecule has 2 aliphatic rings. The molecule has 0 aliphatic carbocycles. The average Bonchev–Trinajstić information content (AvgIpc) is 3.24. The Kier molecular flexibility index (Phi) is 7.80. The van der Waals surface area contributed by atoms with Gasteiger partial charge in [0.25, 0.3) is 11.5 Å². The van der Waals surface area contributed by atoms with Gasteiger partial charge in [-0.3, -0.25) is 24.7 Å². The van der Waals surface area contributed by atoms with Crippen LogP contribution < -0.4 is 27.7 Å². The number of aliphatic imine (C=N–C) groups is 1. The van der Waals surface area contributed by atoms with E-state index in [0.29, 0.717) is 42.6 Å². The molecule has 1 fully saturated rings. The molecule has 0 unspecified atom stereocenters. The third-order valence-corrected chi connectivity index (χ3v) is 7.20. The van der Waals surface area contributed by atoms with Crippen molar-refractivity contribution in [1.82, 2.24) is 30.1 Å². The largest absolute Gasteiger partial charge is 0.417 e. The van der Waals surface area contributed by atoms with Crippen LogP contribution in [0.15, 0.2) is 28.1 Å². The number of pyridine rings is 1. The predicted octanol–water partition coefficient (Wildman–Crippen LogP) is 0.897. The van der Waals surface area contributed by atoms with Crippen LogP contribution in [-0.2, 0) is 21.9 Å². The third-order valence-electron chi connectivity index (χ3n) is 6.47. The Bertz CT molecular complexity index is 1340. The second-order valence-corrected chi connectivity index (χ2v) is 9.79. The number of hydrogen-bond acceptors (Lipinski definition) is 9. The van der Waals surface area contributed by atoms with Crippen molar-refractivity contribution < 1.29 is 22.8 Å². The van der Waals surface area contributed by atoms with Gasteiger partial charge in [-0.2, -0.15) is 13.2 Å². The van der Waals surface area contributed by atoms with Gasteiger partial charge in [-0.25, -0.2) is 9.97 Å². The van der Waals surface area contributed by atoms with Gasteiger partial charge in [0.05, 0.1) is 23.3 Å². The number of piperidine rings is 1. The number of amides is 2. The van der Waals surface area contributed by atoms with E-state index in [1.165, 1.54) is 0 Å². The van der Waals surface area contributed by atoms with Crippen LogP contribution in [0.2, 0.25) is 0 Å². The highest BCUT2D eigenvalue weighted by Crippen LogP contribution is 2.28. The number of halogens is 4. The average molecular weight is 647 g/mol. The normalized spacial score (nSPS) is 16.7. The number of aryl methyl sites for hydroxylation is 1. The van der Waals surface area contributed by atoms with E-state index < -0.39 is 28.7 Å². The number of nitrogens with two attached hydrogens (primary N) is 2. The number of nitrogens with one attached hydrogen (secondary N) is 2. The minimum absolute atomic E-state index is 0.0587. The second-order valence-electron chi connectivity index (χ2n) is 9.03. The van der Waals surface area contributed by atoms with Gasteiger partial charge in [-0.1, -0.05) is 22.6 Å². The summed E-state index contributed by atoms with van der Waals surface area (Å²) in [6.07, 6.45) is -2.89. The Labute approximate surface area is 228 Å². The summed E-state index contributed by atoms with van der Waals surface area (Å²) in [5.41, 5.74) is 9.94. The summed E-state index contributed by atoms with van der Waals surface area (Å²) in [6.45, 7) is 0.994. The Balaban J connectivity index is 1.29. The molecule has 0 bridgehead atoms. The van der Waals surface area contributed by atoms with Crippen LogP contribution in [0.25, 0.3) is 0 Å². The Hall–Kier alpha value is -3.44. The number of carbonyl (C=O) groups is 2. The zero-order valence-electron chi connectivity index (χ0n) is 20.0. The van der Waals surface area contributed by atoms with E-state index in [4.69, 9.17) is 11.5 Å². The highest BCUT2D eigenvalue weighted by Gasteiger charge is 2.40. The molecule has 6 N–H and O–H groups in total. The van der Waals surface area contributed by atoms with Crippen molar-refractivity contribution >= 4 is 52.0 Å². The minimum atomic E-state index is -4.58. The number of nitrogen functional groups attached to an aromatic ring is 2. The van der Waals surface area contributed by atoms with Gasteiger partial charge in [0.2, 0.25) is 5.91 Å². The first-order valence-electron chi connectivity index (χ1n) is 11.6. The zero-order chi connectivity index (χ0) is 27.7. The SMILES string of the molecule is Nc1nc(N)c(C(=O)NC2=NCC3(CCN(C(=O)CCn4cc(C(F)(F)F)ccc4=O)CC3)N2)nc1CI. The first kappa shape index (κ1) is 27.6. The van der Waals surface area contributed by atoms with E-state index in [1.807, 2.05) is 0 Å². The van der Waals surface area contributed by atoms with E-state index in [2.05, 4.69) is 48.2 Å². The van der Waals surface area contributed by atoms with Crippen LogP contribution in [0.5, 0.6) is 0 Å². The van der Waals surface area contributed by atoms with Crippen LogP contribution in [0.3, 0.4) is 0 Å². The van der Waals surface area contributed by atoms with Crippen molar-refractivity contribution in [3.8, 4) is 0 Å². The molecule has 4 rings (SSSR count). The van der Waals surface area contributed by atoms with Crippen molar-refractivity contribution in [2.24, 2.45) is 4.99 Å². The molecule has 12 nitrogen and oxygen atoms in total. The molecule has 204 valence electrons. The van der Waals surface area contributed by atoms with Crippen molar-refractivity contribution in [1.29, 1.82) is 0 Å². The molecule has 2 aromatic heterocycles. The monoisotopic (exact) mass is 647 g/mol. The quantitative estimate of drug-likeness (QED) is 0.274. The lowest BCUT2D eigenvalue weighted by molar-refractivity contribution is -0.138. The van der Waals surface area contributed by atoms with Crippen LogP contribution in [0.4, 0.5) is 24.8 Å². The Morgan fingerprint density at radius 2 is 1.87 bits per heavy atom. The predicted molar refractivity (Wildman–Crippen MR) is 140 cm³/mol. The fourth-order valence-electron chi connectivity index (χ4n) is 4.28. The van der Waals surface area contributed by atoms with Crippen molar-refractivity contribution in [2.75, 3.05) is 31.1 Å². The first-order chi connectivity index (χ1) is 17.9. The van der Waals surface area contributed by atoms with Gasteiger partial charge in [0.15, 0.2) is 17.5 Å². The maximum atomic E-state index is 12.9. The van der Waals surface area contributed by atoms with E-state index >= 15 is 0 Å². The first-order valence-corrected chi connectivity index (χ1v) is 13.1. The van der Waals surface area contributed by atoms with Crippen LogP contribution in [0.1, 0.15) is 41.0 Å². The van der Waals surface area contributed by atoms with Crippen LogP contribution >= 0.6 is 22.6 Å². The van der Waals surface area contributed by atoms with Gasteiger partial charge in [-0.05, 0) is 18.9 Å². The molecular weight excluding hydrogens is 622 g/mol. The number of nitrogens with zero attached hydrogens (tertiary/aromatic N) is 5. The summed E-state index contributed by atoms with van der Waals surface area (Å²) in [5.74, 6) is -0.525. The summed E-state index contributed by atoms with van der Waals surface area (Å²) in [6, 6.07) is 1.56. The van der Waals surface area contributed by atoms with Crippen LogP contribution in [0, 0.1) is 0 Å². The van der Waals surface area contributed by atoms with E-state index in [9.17, 15) is 27.6 Å². The summed E-state index contributed by atoms with van der Waals surface area (Å²) >= 11 is 2.05. The third kappa shape index (κ3) is 5.99. The number of likely N-dealkylation sites (tertiary alicyclic amines) is 1. The molecule has 0 saturated carbocycles. The van der Waals surface area contributed by atoms with Gasteiger partial charge < -0.3 is 26.3 Å². The standard InChI is InChI=1S/C22H25F3IN9O3/c23-22(24,25)12-1-2-14(36)35(10-12)6-3-15(37)34-7-4-21(5-8-34)11-29-20(33-21)32-19(38)16-18(28)31-17(27)13(9-26)30-16/h1-2,10H,3-9,11H2,(H4,27,28,31)(H2,29,32,33,38). The zero-order valence-corrected chi connectivity index (χ0v) is 22.2. The molecule has 38 heavy (non-hydrogen) atoms. The second kappa shape index (κ2) is 10.7. The fourth-order valence-corrected chi connectivity index (χ4v) is 4.84. The Morgan fingerprint density at radius 1 is 1.16 bits per heavy atom. The molecule has 4 heterocycles. The lowest BCUT2D eigenvalue weighted by Crippen LogP contribution is -2.57. The molecule has 16 heteroatoms. The van der Waals surface area contributed by atoms with Crippen molar-refractivity contribution in [3.05, 3.63) is 45.6 Å². The van der Waals surface area contributed by atoms with Gasteiger partial charge in [-0.15, -0.1) is 0 Å². The molecule has 0 radical (unpaired) electrons. The summed E-state index contributed by atoms with van der Waals surface area (Å²) in [7, 11) is 0. The van der Waals surface area contributed by atoms with E-state index in [1.54, 1.807) is 4.90 Å². The van der Waals surface area contributed by atoms with Gasteiger partial charge in [0, 0.05) is 42.7 Å².